The first-order valence-corrected chi connectivity index (χ1v) is 10.4. The highest BCUT2D eigenvalue weighted by Gasteiger charge is 2.34. The van der Waals surface area contributed by atoms with Gasteiger partial charge in [0.05, 0.1) is 16.1 Å². The van der Waals surface area contributed by atoms with E-state index in [9.17, 15) is 26.4 Å². The molecule has 0 aromatic heterocycles. The third kappa shape index (κ3) is 5.27. The Labute approximate surface area is 166 Å². The van der Waals surface area contributed by atoms with Crippen LogP contribution >= 0.6 is 0 Å². The van der Waals surface area contributed by atoms with Gasteiger partial charge < -0.3 is 10.2 Å². The van der Waals surface area contributed by atoms with Crippen molar-refractivity contribution >= 4 is 21.7 Å². The van der Waals surface area contributed by atoms with E-state index in [1.54, 1.807) is 18.2 Å². The van der Waals surface area contributed by atoms with Crippen LogP contribution in [-0.4, -0.2) is 38.5 Å². The van der Waals surface area contributed by atoms with Crippen molar-refractivity contribution in [2.45, 2.75) is 30.0 Å². The fourth-order valence-corrected chi connectivity index (χ4v) is 4.45. The van der Waals surface area contributed by atoms with Gasteiger partial charge in [0, 0.05) is 19.1 Å². The lowest BCUT2D eigenvalue weighted by atomic mass is 10.1. The highest BCUT2D eigenvalue weighted by Crippen LogP contribution is 2.34. The first-order valence-electron chi connectivity index (χ1n) is 8.96. The molecule has 10 heteroatoms. The van der Waals surface area contributed by atoms with Gasteiger partial charge in [-0.25, -0.2) is 17.9 Å². The predicted molar refractivity (Wildman–Crippen MR) is 102 cm³/mol. The van der Waals surface area contributed by atoms with Crippen LogP contribution < -0.4 is 10.0 Å². The molecule has 1 fully saturated rings. The molecule has 3 rings (SSSR count). The van der Waals surface area contributed by atoms with Crippen LogP contribution in [-0.2, 0) is 16.2 Å². The van der Waals surface area contributed by atoms with E-state index < -0.39 is 27.8 Å². The number of urea groups is 1. The van der Waals surface area contributed by atoms with E-state index in [-0.39, 0.29) is 29.7 Å². The number of carbonyl (C=O) groups excluding carboxylic acids is 1. The number of sulfonamides is 1. The second-order valence-electron chi connectivity index (χ2n) is 6.67. The van der Waals surface area contributed by atoms with Crippen LogP contribution in [0.4, 0.5) is 23.7 Å². The van der Waals surface area contributed by atoms with Gasteiger partial charge in [-0.15, -0.1) is 0 Å². The van der Waals surface area contributed by atoms with Gasteiger partial charge in [-0.05, 0) is 37.1 Å². The van der Waals surface area contributed by atoms with Gasteiger partial charge in [0.1, 0.15) is 0 Å². The topological polar surface area (TPSA) is 78.5 Å². The molecule has 1 saturated heterocycles. The number of benzene rings is 2. The summed E-state index contributed by atoms with van der Waals surface area (Å²) in [7, 11) is -3.66. The van der Waals surface area contributed by atoms with Crippen molar-refractivity contribution in [1.29, 1.82) is 0 Å². The molecule has 1 heterocycles. The van der Waals surface area contributed by atoms with Crippen molar-refractivity contribution < 1.29 is 26.4 Å². The van der Waals surface area contributed by atoms with Crippen LogP contribution in [0, 0.1) is 0 Å². The standard InChI is InChI=1S/C19H20F3N3O3S/c20-19(21,22)16-8-4-5-9-17(16)23-18(26)25-12-10-14(11-13-25)24-29(27,28)15-6-2-1-3-7-15/h1-9,14,24H,10-13H2,(H,23,26). The second kappa shape index (κ2) is 8.42. The Hall–Kier alpha value is -2.59. The molecule has 0 unspecified atom stereocenters. The van der Waals surface area contributed by atoms with Crippen LogP contribution in [0.3, 0.4) is 0 Å². The summed E-state index contributed by atoms with van der Waals surface area (Å²) in [6, 6.07) is 11.7. The lowest BCUT2D eigenvalue weighted by molar-refractivity contribution is -0.136. The number of alkyl halides is 3. The van der Waals surface area contributed by atoms with Crippen molar-refractivity contribution in [3.05, 3.63) is 60.2 Å². The van der Waals surface area contributed by atoms with Crippen molar-refractivity contribution in [3.8, 4) is 0 Å². The zero-order valence-electron chi connectivity index (χ0n) is 15.3. The van der Waals surface area contributed by atoms with Crippen molar-refractivity contribution in [3.63, 3.8) is 0 Å². The molecule has 2 N–H and O–H groups in total. The summed E-state index contributed by atoms with van der Waals surface area (Å²) in [5.41, 5.74) is -1.23. The largest absolute Gasteiger partial charge is 0.418 e. The summed E-state index contributed by atoms with van der Waals surface area (Å²) >= 11 is 0. The number of hydrogen-bond acceptors (Lipinski definition) is 3. The maximum atomic E-state index is 13.1. The number of amides is 2. The van der Waals surface area contributed by atoms with Gasteiger partial charge in [-0.2, -0.15) is 13.2 Å². The van der Waals surface area contributed by atoms with E-state index in [1.807, 2.05) is 0 Å². The monoisotopic (exact) mass is 427 g/mol. The zero-order chi connectivity index (χ0) is 21.1. The van der Waals surface area contributed by atoms with Gasteiger partial charge in [0.2, 0.25) is 10.0 Å². The average molecular weight is 427 g/mol. The maximum Gasteiger partial charge on any atom is 0.418 e. The van der Waals surface area contributed by atoms with Crippen LogP contribution in [0.15, 0.2) is 59.5 Å². The first-order chi connectivity index (χ1) is 13.7. The molecule has 1 aliphatic rings. The Morgan fingerprint density at radius 2 is 1.55 bits per heavy atom. The first kappa shape index (κ1) is 21.1. The number of nitrogens with zero attached hydrogens (tertiary/aromatic N) is 1. The molecule has 2 aromatic rings. The molecule has 6 nitrogen and oxygen atoms in total. The highest BCUT2D eigenvalue weighted by molar-refractivity contribution is 7.89. The molecule has 156 valence electrons. The van der Waals surface area contributed by atoms with Crippen LogP contribution in [0.5, 0.6) is 0 Å². The zero-order valence-corrected chi connectivity index (χ0v) is 16.1. The summed E-state index contributed by atoms with van der Waals surface area (Å²) in [6.07, 6.45) is -3.85. The third-order valence-electron chi connectivity index (χ3n) is 4.63. The minimum atomic E-state index is -4.58. The molecule has 0 bridgehead atoms. The predicted octanol–water partition coefficient (Wildman–Crippen LogP) is 3.68. The summed E-state index contributed by atoms with van der Waals surface area (Å²) in [5.74, 6) is 0. The Kier molecular flexibility index (Phi) is 6.13. The van der Waals surface area contributed by atoms with E-state index in [4.69, 9.17) is 0 Å². The van der Waals surface area contributed by atoms with Gasteiger partial charge in [0.25, 0.3) is 0 Å². The molecule has 0 saturated carbocycles. The molecular formula is C19H20F3N3O3S. The Morgan fingerprint density at radius 3 is 2.17 bits per heavy atom. The van der Waals surface area contributed by atoms with E-state index in [1.165, 1.54) is 35.2 Å². The SMILES string of the molecule is O=C(Nc1ccccc1C(F)(F)F)N1CCC(NS(=O)(=O)c2ccccc2)CC1. The van der Waals surface area contributed by atoms with Crippen molar-refractivity contribution in [1.82, 2.24) is 9.62 Å². The fourth-order valence-electron chi connectivity index (χ4n) is 3.12. The summed E-state index contributed by atoms with van der Waals surface area (Å²) < 4.78 is 66.5. The molecule has 2 aromatic carbocycles. The average Bonchev–Trinajstić information content (AvgIpc) is 2.68. The minimum absolute atomic E-state index is 0.156. The number of rotatable bonds is 4. The number of para-hydroxylation sites is 1. The number of anilines is 1. The number of carbonyl (C=O) groups is 1. The molecular weight excluding hydrogens is 407 g/mol. The molecule has 1 aliphatic heterocycles. The van der Waals surface area contributed by atoms with Crippen molar-refractivity contribution in [2.75, 3.05) is 18.4 Å². The molecule has 2 amide bonds. The lowest BCUT2D eigenvalue weighted by Crippen LogP contribution is -2.47. The van der Waals surface area contributed by atoms with Gasteiger partial charge in [-0.1, -0.05) is 30.3 Å². The fraction of sp³-hybridized carbons (Fsp3) is 0.316. The normalized spacial score (nSPS) is 15.9. The smallest absolute Gasteiger partial charge is 0.324 e. The van der Waals surface area contributed by atoms with Crippen LogP contribution in [0.1, 0.15) is 18.4 Å². The van der Waals surface area contributed by atoms with Gasteiger partial charge in [-0.3, -0.25) is 0 Å². The molecule has 0 atom stereocenters. The third-order valence-corrected chi connectivity index (χ3v) is 6.17. The summed E-state index contributed by atoms with van der Waals surface area (Å²) in [6.45, 7) is 0.448. The van der Waals surface area contributed by atoms with Crippen LogP contribution in [0.25, 0.3) is 0 Å². The number of hydrogen-bond donors (Lipinski definition) is 2. The van der Waals surface area contributed by atoms with E-state index in [0.717, 1.165) is 6.07 Å². The Bertz CT molecular complexity index is 957. The Balaban J connectivity index is 1.58. The van der Waals surface area contributed by atoms with Gasteiger partial charge in [0.15, 0.2) is 0 Å². The van der Waals surface area contributed by atoms with Crippen molar-refractivity contribution in [2.24, 2.45) is 0 Å². The number of piperidine rings is 1. The van der Waals surface area contributed by atoms with E-state index >= 15 is 0 Å². The van der Waals surface area contributed by atoms with Crippen LogP contribution in [0.2, 0.25) is 0 Å². The maximum absolute atomic E-state index is 13.1. The number of halogens is 3. The second-order valence-corrected chi connectivity index (χ2v) is 8.38. The highest BCUT2D eigenvalue weighted by atomic mass is 32.2. The minimum Gasteiger partial charge on any atom is -0.324 e. The number of likely N-dealkylation sites (tertiary alicyclic amines) is 1. The molecule has 0 aliphatic carbocycles. The Morgan fingerprint density at radius 1 is 0.966 bits per heavy atom. The van der Waals surface area contributed by atoms with E-state index in [2.05, 4.69) is 10.0 Å². The molecule has 29 heavy (non-hydrogen) atoms. The molecule has 0 radical (unpaired) electrons. The number of nitrogens with one attached hydrogen (secondary N) is 2. The lowest BCUT2D eigenvalue weighted by Gasteiger charge is -2.32. The summed E-state index contributed by atoms with van der Waals surface area (Å²) in [4.78, 5) is 13.9. The molecule has 0 spiro atoms. The van der Waals surface area contributed by atoms with Gasteiger partial charge >= 0.3 is 12.2 Å². The van der Waals surface area contributed by atoms with E-state index in [0.29, 0.717) is 12.8 Å². The quantitative estimate of drug-likeness (QED) is 0.781. The summed E-state index contributed by atoms with van der Waals surface area (Å²) in [5, 5.41) is 2.30.